The van der Waals surface area contributed by atoms with Crippen molar-refractivity contribution in [2.45, 2.75) is 51.7 Å². The number of Topliss-reactive ketones (excluding diaryl/α,β-unsaturated/α-hetero) is 1. The van der Waals surface area contributed by atoms with Crippen molar-refractivity contribution in [1.82, 2.24) is 4.98 Å². The lowest BCUT2D eigenvalue weighted by molar-refractivity contribution is -0.118. The molecule has 0 aromatic carbocycles. The van der Waals surface area contributed by atoms with E-state index in [-0.39, 0.29) is 17.0 Å². The summed E-state index contributed by atoms with van der Waals surface area (Å²) in [5.41, 5.74) is 0.205. The molecule has 6 heteroatoms. The van der Waals surface area contributed by atoms with Crippen LogP contribution in [0.25, 0.3) is 0 Å². The smallest absolute Gasteiger partial charge is 0.399 e. The van der Waals surface area contributed by atoms with Crippen LogP contribution in [0.3, 0.4) is 0 Å². The molecule has 0 aliphatic carbocycles. The molecule has 0 unspecified atom stereocenters. The predicted octanol–water partition coefficient (Wildman–Crippen LogP) is 1.55. The molecule has 2 fully saturated rings. The molecule has 0 bridgehead atoms. The summed E-state index contributed by atoms with van der Waals surface area (Å²) in [6, 6.07) is 3.92. The number of carbonyl (C=O) groups is 1. The first kappa shape index (κ1) is 15.5. The number of piperidine rings is 1. The van der Waals surface area contributed by atoms with Gasteiger partial charge in [-0.2, -0.15) is 0 Å². The largest absolute Gasteiger partial charge is 0.496 e. The van der Waals surface area contributed by atoms with Gasteiger partial charge in [-0.25, -0.2) is 4.98 Å². The number of rotatable bonds is 2. The fraction of sp³-hybridized carbons (Fsp3) is 0.625. The summed E-state index contributed by atoms with van der Waals surface area (Å²) in [5, 5.41) is 0. The summed E-state index contributed by atoms with van der Waals surface area (Å²) in [6.07, 6.45) is 3.37. The number of pyridine rings is 1. The van der Waals surface area contributed by atoms with Crippen LogP contribution >= 0.6 is 0 Å². The summed E-state index contributed by atoms with van der Waals surface area (Å²) >= 11 is 0. The van der Waals surface area contributed by atoms with Crippen molar-refractivity contribution in [3.8, 4) is 0 Å². The Labute approximate surface area is 132 Å². The Morgan fingerprint density at radius 1 is 1.18 bits per heavy atom. The lowest BCUT2D eigenvalue weighted by Gasteiger charge is -2.32. The standard InChI is InChI=1S/C16H23BN2O3/c1-15(2)16(3,4)22-17(21-15)12-7-8-14(18-10-12)19-9-5-6-13(20)11-19/h7-8,10H,5-6,9,11H2,1-4H3. The van der Waals surface area contributed by atoms with Gasteiger partial charge in [-0.1, -0.05) is 6.07 Å². The number of nitrogens with zero attached hydrogens (tertiary/aromatic N) is 2. The maximum absolute atomic E-state index is 11.6. The van der Waals surface area contributed by atoms with Gasteiger partial charge in [-0.3, -0.25) is 4.79 Å². The minimum Gasteiger partial charge on any atom is -0.399 e. The summed E-state index contributed by atoms with van der Waals surface area (Å²) in [4.78, 5) is 18.1. The maximum Gasteiger partial charge on any atom is 0.496 e. The van der Waals surface area contributed by atoms with Crippen molar-refractivity contribution in [2.75, 3.05) is 18.0 Å². The van der Waals surface area contributed by atoms with Crippen molar-refractivity contribution in [2.24, 2.45) is 0 Å². The zero-order valence-electron chi connectivity index (χ0n) is 13.8. The Bertz CT molecular complexity index is 555. The highest BCUT2D eigenvalue weighted by molar-refractivity contribution is 6.62. The second kappa shape index (κ2) is 5.35. The molecule has 0 amide bonds. The van der Waals surface area contributed by atoms with E-state index in [9.17, 15) is 4.79 Å². The molecule has 2 aliphatic rings. The highest BCUT2D eigenvalue weighted by atomic mass is 16.7. The van der Waals surface area contributed by atoms with Crippen molar-refractivity contribution in [3.05, 3.63) is 18.3 Å². The van der Waals surface area contributed by atoms with Gasteiger partial charge in [-0.05, 0) is 40.2 Å². The van der Waals surface area contributed by atoms with Crippen LogP contribution in [0.15, 0.2) is 18.3 Å². The van der Waals surface area contributed by atoms with Gasteiger partial charge in [0, 0.05) is 24.6 Å². The van der Waals surface area contributed by atoms with E-state index in [2.05, 4.69) is 4.98 Å². The molecular formula is C16H23BN2O3. The zero-order valence-corrected chi connectivity index (χ0v) is 13.8. The highest BCUT2D eigenvalue weighted by Gasteiger charge is 2.51. The van der Waals surface area contributed by atoms with E-state index in [4.69, 9.17) is 9.31 Å². The van der Waals surface area contributed by atoms with Crippen LogP contribution in [-0.2, 0) is 14.1 Å². The molecule has 0 saturated carbocycles. The number of anilines is 1. The topological polar surface area (TPSA) is 51.7 Å². The average Bonchev–Trinajstić information content (AvgIpc) is 2.68. The van der Waals surface area contributed by atoms with Crippen LogP contribution < -0.4 is 10.4 Å². The van der Waals surface area contributed by atoms with Gasteiger partial charge in [-0.15, -0.1) is 0 Å². The summed E-state index contributed by atoms with van der Waals surface area (Å²) in [5.74, 6) is 1.12. The first-order valence-electron chi connectivity index (χ1n) is 7.87. The van der Waals surface area contributed by atoms with Gasteiger partial charge in [0.2, 0.25) is 0 Å². The lowest BCUT2D eigenvalue weighted by Crippen LogP contribution is -2.41. The third kappa shape index (κ3) is 2.77. The average molecular weight is 302 g/mol. The Morgan fingerprint density at radius 3 is 2.41 bits per heavy atom. The SMILES string of the molecule is CC1(C)OB(c2ccc(N3CCCC(=O)C3)nc2)OC1(C)C. The monoisotopic (exact) mass is 302 g/mol. The minimum atomic E-state index is -0.394. The van der Waals surface area contributed by atoms with Gasteiger partial charge in [0.25, 0.3) is 0 Å². The molecule has 0 radical (unpaired) electrons. The van der Waals surface area contributed by atoms with Crippen LogP contribution in [0.1, 0.15) is 40.5 Å². The van der Waals surface area contributed by atoms with E-state index in [0.29, 0.717) is 13.0 Å². The molecule has 3 heterocycles. The van der Waals surface area contributed by atoms with Crippen molar-refractivity contribution >= 4 is 24.2 Å². The van der Waals surface area contributed by atoms with Crippen LogP contribution in [0, 0.1) is 0 Å². The van der Waals surface area contributed by atoms with Crippen molar-refractivity contribution < 1.29 is 14.1 Å². The third-order valence-corrected chi connectivity index (χ3v) is 4.87. The van der Waals surface area contributed by atoms with E-state index >= 15 is 0 Å². The maximum atomic E-state index is 11.6. The predicted molar refractivity (Wildman–Crippen MR) is 86.4 cm³/mol. The number of hydrogen-bond donors (Lipinski definition) is 0. The molecule has 22 heavy (non-hydrogen) atoms. The molecule has 0 atom stereocenters. The molecule has 1 aromatic rings. The number of hydrogen-bond acceptors (Lipinski definition) is 5. The summed E-state index contributed by atoms with van der Waals surface area (Å²) < 4.78 is 12.0. The number of ketones is 1. The second-order valence-electron chi connectivity index (χ2n) is 7.10. The molecule has 0 N–H and O–H groups in total. The quantitative estimate of drug-likeness (QED) is 0.776. The van der Waals surface area contributed by atoms with E-state index in [1.807, 2.05) is 44.7 Å². The molecule has 0 spiro atoms. The Morgan fingerprint density at radius 2 is 1.86 bits per heavy atom. The molecule has 3 rings (SSSR count). The van der Waals surface area contributed by atoms with Gasteiger partial charge in [0.05, 0.1) is 17.7 Å². The number of carbonyl (C=O) groups excluding carboxylic acids is 1. The fourth-order valence-corrected chi connectivity index (χ4v) is 2.74. The normalized spacial score (nSPS) is 23.9. The van der Waals surface area contributed by atoms with E-state index in [0.717, 1.165) is 24.2 Å². The molecule has 118 valence electrons. The van der Waals surface area contributed by atoms with Crippen LogP contribution in [-0.4, -0.2) is 42.2 Å². The molecule has 2 aliphatic heterocycles. The van der Waals surface area contributed by atoms with Gasteiger partial charge in [0.15, 0.2) is 5.78 Å². The van der Waals surface area contributed by atoms with Gasteiger partial charge >= 0.3 is 7.12 Å². The third-order valence-electron chi connectivity index (χ3n) is 4.87. The van der Waals surface area contributed by atoms with Crippen molar-refractivity contribution in [3.63, 3.8) is 0 Å². The fourth-order valence-electron chi connectivity index (χ4n) is 2.74. The van der Waals surface area contributed by atoms with Gasteiger partial charge in [0.1, 0.15) is 5.82 Å². The Balaban J connectivity index is 1.74. The lowest BCUT2D eigenvalue weighted by atomic mass is 9.80. The van der Waals surface area contributed by atoms with E-state index < -0.39 is 7.12 Å². The second-order valence-corrected chi connectivity index (χ2v) is 7.10. The summed E-state index contributed by atoms with van der Waals surface area (Å²) in [7, 11) is -0.394. The van der Waals surface area contributed by atoms with E-state index in [1.165, 1.54) is 0 Å². The molecule has 2 saturated heterocycles. The summed E-state index contributed by atoms with van der Waals surface area (Å²) in [6.45, 7) is 9.49. The first-order valence-corrected chi connectivity index (χ1v) is 7.87. The van der Waals surface area contributed by atoms with Crippen LogP contribution in [0.2, 0.25) is 0 Å². The molecular weight excluding hydrogens is 279 g/mol. The first-order chi connectivity index (χ1) is 10.3. The van der Waals surface area contributed by atoms with Crippen molar-refractivity contribution in [1.29, 1.82) is 0 Å². The molecule has 1 aromatic heterocycles. The van der Waals surface area contributed by atoms with Crippen LogP contribution in [0.5, 0.6) is 0 Å². The zero-order chi connectivity index (χ0) is 16.0. The Kier molecular flexibility index (Phi) is 3.77. The number of aromatic nitrogens is 1. The Hall–Kier alpha value is -1.40. The van der Waals surface area contributed by atoms with Gasteiger partial charge < -0.3 is 14.2 Å². The van der Waals surface area contributed by atoms with E-state index in [1.54, 1.807) is 6.20 Å². The van der Waals surface area contributed by atoms with Crippen LogP contribution in [0.4, 0.5) is 5.82 Å². The molecule has 5 nitrogen and oxygen atoms in total. The highest BCUT2D eigenvalue weighted by Crippen LogP contribution is 2.36. The minimum absolute atomic E-state index is 0.281.